The summed E-state index contributed by atoms with van der Waals surface area (Å²) in [5.74, 6) is 0.100. The summed E-state index contributed by atoms with van der Waals surface area (Å²) in [4.78, 5) is 16.1. The quantitative estimate of drug-likeness (QED) is 0.666. The van der Waals surface area contributed by atoms with Crippen molar-refractivity contribution < 1.29 is 4.79 Å². The van der Waals surface area contributed by atoms with Crippen LogP contribution in [0.5, 0.6) is 0 Å². The smallest absolute Gasteiger partial charge is 0.246 e. The first-order chi connectivity index (χ1) is 7.69. The van der Waals surface area contributed by atoms with Crippen molar-refractivity contribution in [2.24, 2.45) is 0 Å². The van der Waals surface area contributed by atoms with Crippen LogP contribution in [0.25, 0.3) is 0 Å². The number of likely N-dealkylation sites (tertiary alicyclic amines) is 1. The molecule has 1 saturated heterocycles. The third-order valence-corrected chi connectivity index (χ3v) is 3.34. The monoisotopic (exact) mass is 224 g/mol. The molecule has 1 fully saturated rings. The van der Waals surface area contributed by atoms with E-state index in [-0.39, 0.29) is 5.91 Å². The van der Waals surface area contributed by atoms with E-state index in [1.165, 1.54) is 6.08 Å². The van der Waals surface area contributed by atoms with Crippen LogP contribution in [0.3, 0.4) is 0 Å². The molecule has 0 atom stereocenters. The Morgan fingerprint density at radius 2 is 2.12 bits per heavy atom. The fourth-order valence-corrected chi connectivity index (χ4v) is 2.23. The summed E-state index contributed by atoms with van der Waals surface area (Å²) in [6, 6.07) is 0.424. The lowest BCUT2D eigenvalue weighted by Gasteiger charge is -2.37. The number of hydrogen-bond donors (Lipinski definition) is 0. The van der Waals surface area contributed by atoms with Crippen molar-refractivity contribution in [3.63, 3.8) is 0 Å². The summed E-state index contributed by atoms with van der Waals surface area (Å²) in [7, 11) is 2.14. The molecule has 1 amide bonds. The van der Waals surface area contributed by atoms with Gasteiger partial charge in [-0.1, -0.05) is 19.9 Å². The molecule has 0 aromatic carbocycles. The fourth-order valence-electron chi connectivity index (χ4n) is 2.23. The zero-order chi connectivity index (χ0) is 12.0. The lowest BCUT2D eigenvalue weighted by atomic mass is 10.0. The molecular formula is C13H24N2O. The van der Waals surface area contributed by atoms with Crippen LogP contribution in [0.1, 0.15) is 32.6 Å². The van der Waals surface area contributed by atoms with E-state index in [9.17, 15) is 4.79 Å². The second-order valence-corrected chi connectivity index (χ2v) is 4.62. The highest BCUT2D eigenvalue weighted by atomic mass is 16.2. The molecule has 1 aliphatic rings. The lowest BCUT2D eigenvalue weighted by Crippen LogP contribution is -2.46. The van der Waals surface area contributed by atoms with Crippen molar-refractivity contribution >= 4 is 5.91 Å². The molecule has 16 heavy (non-hydrogen) atoms. The molecule has 1 aliphatic heterocycles. The van der Waals surface area contributed by atoms with E-state index in [0.717, 1.165) is 45.3 Å². The predicted molar refractivity (Wildman–Crippen MR) is 67.3 cm³/mol. The minimum atomic E-state index is 0.100. The average molecular weight is 224 g/mol. The first-order valence-electron chi connectivity index (χ1n) is 6.30. The standard InChI is InChI=1S/C13H24N2O/c1-4-6-9-15(13(16)5-2)12-7-10-14(3)11-8-12/h5,12H,2,4,6-11H2,1,3H3. The number of amides is 1. The Hall–Kier alpha value is -0.830. The van der Waals surface area contributed by atoms with Gasteiger partial charge in [0.25, 0.3) is 0 Å². The van der Waals surface area contributed by atoms with Gasteiger partial charge in [0, 0.05) is 12.6 Å². The van der Waals surface area contributed by atoms with Crippen molar-refractivity contribution in [3.05, 3.63) is 12.7 Å². The molecule has 1 heterocycles. The van der Waals surface area contributed by atoms with Crippen LogP contribution in [0.15, 0.2) is 12.7 Å². The van der Waals surface area contributed by atoms with Crippen molar-refractivity contribution in [2.45, 2.75) is 38.6 Å². The van der Waals surface area contributed by atoms with E-state index in [1.807, 2.05) is 4.90 Å². The molecule has 0 unspecified atom stereocenters. The molecule has 0 saturated carbocycles. The molecule has 3 nitrogen and oxygen atoms in total. The van der Waals surface area contributed by atoms with Crippen molar-refractivity contribution in [2.75, 3.05) is 26.7 Å². The zero-order valence-corrected chi connectivity index (χ0v) is 10.6. The van der Waals surface area contributed by atoms with Crippen LogP contribution in [-0.2, 0) is 4.79 Å². The molecule has 3 heteroatoms. The Morgan fingerprint density at radius 3 is 2.62 bits per heavy atom. The Bertz CT molecular complexity index is 232. The zero-order valence-electron chi connectivity index (χ0n) is 10.6. The Balaban J connectivity index is 2.53. The van der Waals surface area contributed by atoms with Gasteiger partial charge in [0.2, 0.25) is 5.91 Å². The van der Waals surface area contributed by atoms with Gasteiger partial charge >= 0.3 is 0 Å². The minimum absolute atomic E-state index is 0.100. The maximum atomic E-state index is 11.8. The molecule has 0 aromatic rings. The van der Waals surface area contributed by atoms with Gasteiger partial charge in [-0.05, 0) is 45.5 Å². The van der Waals surface area contributed by atoms with E-state index in [4.69, 9.17) is 0 Å². The molecule has 1 rings (SSSR count). The molecular weight excluding hydrogens is 200 g/mol. The van der Waals surface area contributed by atoms with Gasteiger partial charge in [-0.15, -0.1) is 0 Å². The van der Waals surface area contributed by atoms with Crippen molar-refractivity contribution in [3.8, 4) is 0 Å². The summed E-state index contributed by atoms with van der Waals surface area (Å²) in [6.07, 6.45) is 5.87. The van der Waals surface area contributed by atoms with Gasteiger partial charge in [-0.3, -0.25) is 4.79 Å². The van der Waals surface area contributed by atoms with Gasteiger partial charge in [-0.25, -0.2) is 0 Å². The molecule has 0 bridgehead atoms. The largest absolute Gasteiger partial charge is 0.336 e. The second kappa shape index (κ2) is 6.69. The van der Waals surface area contributed by atoms with Crippen LogP contribution in [0.4, 0.5) is 0 Å². The number of carbonyl (C=O) groups excluding carboxylic acids is 1. The van der Waals surface area contributed by atoms with E-state index < -0.39 is 0 Å². The van der Waals surface area contributed by atoms with Crippen molar-refractivity contribution in [1.82, 2.24) is 9.80 Å². The van der Waals surface area contributed by atoms with Gasteiger partial charge in [0.15, 0.2) is 0 Å². The average Bonchev–Trinajstić information content (AvgIpc) is 2.31. The van der Waals surface area contributed by atoms with Gasteiger partial charge in [-0.2, -0.15) is 0 Å². The SMILES string of the molecule is C=CC(=O)N(CCCC)C1CCN(C)CC1. The van der Waals surface area contributed by atoms with E-state index >= 15 is 0 Å². The van der Waals surface area contributed by atoms with E-state index in [1.54, 1.807) is 0 Å². The summed E-state index contributed by atoms with van der Waals surface area (Å²) < 4.78 is 0. The third kappa shape index (κ3) is 3.63. The van der Waals surface area contributed by atoms with Gasteiger partial charge in [0.1, 0.15) is 0 Å². The predicted octanol–water partition coefficient (Wildman–Crippen LogP) is 1.90. The summed E-state index contributed by atoms with van der Waals surface area (Å²) in [5, 5.41) is 0. The normalized spacial score (nSPS) is 18.4. The van der Waals surface area contributed by atoms with Crippen LogP contribution >= 0.6 is 0 Å². The fraction of sp³-hybridized carbons (Fsp3) is 0.769. The van der Waals surface area contributed by atoms with Crippen molar-refractivity contribution in [1.29, 1.82) is 0 Å². The van der Waals surface area contributed by atoms with Gasteiger partial charge in [0.05, 0.1) is 0 Å². The number of hydrogen-bond acceptors (Lipinski definition) is 2. The maximum Gasteiger partial charge on any atom is 0.246 e. The summed E-state index contributed by atoms with van der Waals surface area (Å²) in [6.45, 7) is 8.83. The maximum absolute atomic E-state index is 11.8. The Morgan fingerprint density at radius 1 is 1.50 bits per heavy atom. The highest BCUT2D eigenvalue weighted by Crippen LogP contribution is 2.16. The topological polar surface area (TPSA) is 23.6 Å². The minimum Gasteiger partial charge on any atom is -0.336 e. The molecule has 0 radical (unpaired) electrons. The molecule has 0 aromatic heterocycles. The first kappa shape index (κ1) is 13.2. The third-order valence-electron chi connectivity index (χ3n) is 3.34. The Labute approximate surface area is 99.1 Å². The second-order valence-electron chi connectivity index (χ2n) is 4.62. The van der Waals surface area contributed by atoms with Gasteiger partial charge < -0.3 is 9.80 Å². The van der Waals surface area contributed by atoms with Crippen LogP contribution in [-0.4, -0.2) is 48.4 Å². The molecule has 92 valence electrons. The molecule has 0 N–H and O–H groups in total. The van der Waals surface area contributed by atoms with Crippen LogP contribution < -0.4 is 0 Å². The number of carbonyl (C=O) groups is 1. The number of nitrogens with zero attached hydrogens (tertiary/aromatic N) is 2. The number of rotatable bonds is 5. The Kier molecular flexibility index (Phi) is 5.53. The number of unbranched alkanes of at least 4 members (excludes halogenated alkanes) is 1. The highest BCUT2D eigenvalue weighted by molar-refractivity contribution is 5.87. The number of piperidine rings is 1. The van der Waals surface area contributed by atoms with E-state index in [0.29, 0.717) is 6.04 Å². The molecule has 0 aliphatic carbocycles. The summed E-state index contributed by atoms with van der Waals surface area (Å²) in [5.41, 5.74) is 0. The highest BCUT2D eigenvalue weighted by Gasteiger charge is 2.24. The lowest BCUT2D eigenvalue weighted by molar-refractivity contribution is -0.129. The van der Waals surface area contributed by atoms with Crippen LogP contribution in [0.2, 0.25) is 0 Å². The molecule has 0 spiro atoms. The van der Waals surface area contributed by atoms with Crippen LogP contribution in [0, 0.1) is 0 Å². The first-order valence-corrected chi connectivity index (χ1v) is 6.30. The van der Waals surface area contributed by atoms with E-state index in [2.05, 4.69) is 25.5 Å². The summed E-state index contributed by atoms with van der Waals surface area (Å²) >= 11 is 0.